The predicted molar refractivity (Wildman–Crippen MR) is 59.4 cm³/mol. The summed E-state index contributed by atoms with van der Waals surface area (Å²) in [5.41, 5.74) is 5.47. The molecular formula is C11H22N2O2. The van der Waals surface area contributed by atoms with Crippen LogP contribution >= 0.6 is 0 Å². The highest BCUT2D eigenvalue weighted by Crippen LogP contribution is 2.14. The summed E-state index contributed by atoms with van der Waals surface area (Å²) in [6.07, 6.45) is 3.64. The van der Waals surface area contributed by atoms with E-state index < -0.39 is 0 Å². The number of rotatable bonds is 4. The van der Waals surface area contributed by atoms with Crippen LogP contribution in [0.2, 0.25) is 0 Å². The number of carbonyl (C=O) groups is 1. The van der Waals surface area contributed by atoms with Crippen molar-refractivity contribution in [1.29, 1.82) is 0 Å². The molecule has 0 aliphatic carbocycles. The summed E-state index contributed by atoms with van der Waals surface area (Å²) < 4.78 is 5.59. The number of hydrogen-bond acceptors (Lipinski definition) is 3. The summed E-state index contributed by atoms with van der Waals surface area (Å²) in [5, 5.41) is 0. The number of amides is 1. The molecule has 2 N–H and O–H groups in total. The van der Waals surface area contributed by atoms with Gasteiger partial charge in [-0.1, -0.05) is 6.92 Å². The summed E-state index contributed by atoms with van der Waals surface area (Å²) >= 11 is 0. The monoisotopic (exact) mass is 214 g/mol. The SMILES string of the molecule is CC(CN)C(=O)N(C)CC1CCCCO1. The first-order chi connectivity index (χ1) is 7.15. The maximum Gasteiger partial charge on any atom is 0.226 e. The largest absolute Gasteiger partial charge is 0.376 e. The van der Waals surface area contributed by atoms with Crippen molar-refractivity contribution in [3.63, 3.8) is 0 Å². The number of nitrogens with two attached hydrogens (primary N) is 1. The van der Waals surface area contributed by atoms with Crippen molar-refractivity contribution in [2.24, 2.45) is 11.7 Å². The van der Waals surface area contributed by atoms with E-state index in [4.69, 9.17) is 10.5 Å². The summed E-state index contributed by atoms with van der Waals surface area (Å²) in [5.74, 6) is 0.0327. The second kappa shape index (κ2) is 6.08. The lowest BCUT2D eigenvalue weighted by Crippen LogP contribution is -2.41. The number of nitrogens with zero attached hydrogens (tertiary/aromatic N) is 1. The molecular weight excluding hydrogens is 192 g/mol. The Kier molecular flexibility index (Phi) is 5.05. The number of ether oxygens (including phenoxy) is 1. The Morgan fingerprint density at radius 2 is 2.33 bits per heavy atom. The van der Waals surface area contributed by atoms with Gasteiger partial charge in [0.2, 0.25) is 5.91 Å². The van der Waals surface area contributed by atoms with Gasteiger partial charge in [0.05, 0.1) is 6.10 Å². The summed E-state index contributed by atoms with van der Waals surface area (Å²) in [7, 11) is 1.83. The van der Waals surface area contributed by atoms with Crippen LogP contribution < -0.4 is 5.73 Å². The molecule has 0 aromatic heterocycles. The van der Waals surface area contributed by atoms with Crippen LogP contribution in [0.5, 0.6) is 0 Å². The van der Waals surface area contributed by atoms with Gasteiger partial charge >= 0.3 is 0 Å². The Morgan fingerprint density at radius 3 is 2.87 bits per heavy atom. The molecule has 1 aliphatic rings. The minimum absolute atomic E-state index is 0.0846. The molecule has 0 spiro atoms. The molecule has 1 aliphatic heterocycles. The van der Waals surface area contributed by atoms with E-state index in [1.165, 1.54) is 6.42 Å². The van der Waals surface area contributed by atoms with Crippen molar-refractivity contribution >= 4 is 5.91 Å². The van der Waals surface area contributed by atoms with Crippen LogP contribution in [0, 0.1) is 5.92 Å². The minimum Gasteiger partial charge on any atom is -0.376 e. The molecule has 1 saturated heterocycles. The van der Waals surface area contributed by atoms with Gasteiger partial charge in [0.15, 0.2) is 0 Å². The standard InChI is InChI=1S/C11H22N2O2/c1-9(7-12)11(14)13(2)8-10-5-3-4-6-15-10/h9-10H,3-8,12H2,1-2H3. The Hall–Kier alpha value is -0.610. The van der Waals surface area contributed by atoms with E-state index in [1.54, 1.807) is 4.90 Å². The molecule has 15 heavy (non-hydrogen) atoms. The second-order valence-electron chi connectivity index (χ2n) is 4.34. The lowest BCUT2D eigenvalue weighted by Gasteiger charge is -2.28. The highest BCUT2D eigenvalue weighted by atomic mass is 16.5. The van der Waals surface area contributed by atoms with Gasteiger partial charge in [0, 0.05) is 32.7 Å². The van der Waals surface area contributed by atoms with Gasteiger partial charge in [-0.15, -0.1) is 0 Å². The predicted octanol–water partition coefficient (Wildman–Crippen LogP) is 0.609. The van der Waals surface area contributed by atoms with Crippen LogP contribution in [0.15, 0.2) is 0 Å². The highest BCUT2D eigenvalue weighted by Gasteiger charge is 2.21. The molecule has 0 aromatic carbocycles. The molecule has 1 fully saturated rings. The van der Waals surface area contributed by atoms with E-state index in [-0.39, 0.29) is 17.9 Å². The van der Waals surface area contributed by atoms with E-state index in [9.17, 15) is 4.79 Å². The highest BCUT2D eigenvalue weighted by molar-refractivity contribution is 5.78. The van der Waals surface area contributed by atoms with Crippen molar-refractivity contribution < 1.29 is 9.53 Å². The molecule has 88 valence electrons. The van der Waals surface area contributed by atoms with Crippen molar-refractivity contribution in [3.05, 3.63) is 0 Å². The van der Waals surface area contributed by atoms with Crippen LogP contribution in [0.25, 0.3) is 0 Å². The summed E-state index contributed by atoms with van der Waals surface area (Å²) in [6, 6.07) is 0. The molecule has 0 aromatic rings. The fraction of sp³-hybridized carbons (Fsp3) is 0.909. The van der Waals surface area contributed by atoms with Crippen molar-refractivity contribution in [2.75, 3.05) is 26.7 Å². The minimum atomic E-state index is -0.0846. The number of hydrogen-bond donors (Lipinski definition) is 1. The van der Waals surface area contributed by atoms with Crippen LogP contribution in [0.3, 0.4) is 0 Å². The molecule has 1 rings (SSSR count). The average molecular weight is 214 g/mol. The van der Waals surface area contributed by atoms with Crippen LogP contribution in [-0.4, -0.2) is 43.7 Å². The Labute approximate surface area is 91.8 Å². The van der Waals surface area contributed by atoms with E-state index in [0.717, 1.165) is 19.4 Å². The number of likely N-dealkylation sites (N-methyl/N-ethyl adjacent to an activating group) is 1. The van der Waals surface area contributed by atoms with Gasteiger partial charge in [-0.2, -0.15) is 0 Å². The first-order valence-corrected chi connectivity index (χ1v) is 5.71. The number of carbonyl (C=O) groups excluding carboxylic acids is 1. The fourth-order valence-corrected chi connectivity index (χ4v) is 1.82. The zero-order valence-corrected chi connectivity index (χ0v) is 9.74. The van der Waals surface area contributed by atoms with Gasteiger partial charge < -0.3 is 15.4 Å². The smallest absolute Gasteiger partial charge is 0.226 e. The molecule has 4 nitrogen and oxygen atoms in total. The van der Waals surface area contributed by atoms with Gasteiger partial charge in [0.1, 0.15) is 0 Å². The molecule has 2 atom stereocenters. The summed E-state index contributed by atoms with van der Waals surface area (Å²) in [6.45, 7) is 3.80. The van der Waals surface area contributed by atoms with Gasteiger partial charge in [0.25, 0.3) is 0 Å². The Morgan fingerprint density at radius 1 is 1.60 bits per heavy atom. The molecule has 2 unspecified atom stereocenters. The van der Waals surface area contributed by atoms with Crippen LogP contribution in [-0.2, 0) is 9.53 Å². The van der Waals surface area contributed by atoms with Crippen LogP contribution in [0.4, 0.5) is 0 Å². The van der Waals surface area contributed by atoms with Gasteiger partial charge in [-0.3, -0.25) is 4.79 Å². The first kappa shape index (κ1) is 12.5. The third-order valence-corrected chi connectivity index (χ3v) is 2.90. The lowest BCUT2D eigenvalue weighted by atomic mass is 10.1. The quantitative estimate of drug-likeness (QED) is 0.746. The first-order valence-electron chi connectivity index (χ1n) is 5.71. The van der Waals surface area contributed by atoms with E-state index in [2.05, 4.69) is 0 Å². The van der Waals surface area contributed by atoms with Gasteiger partial charge in [-0.25, -0.2) is 0 Å². The van der Waals surface area contributed by atoms with E-state index >= 15 is 0 Å². The zero-order chi connectivity index (χ0) is 11.3. The second-order valence-corrected chi connectivity index (χ2v) is 4.34. The third kappa shape index (κ3) is 3.80. The summed E-state index contributed by atoms with van der Waals surface area (Å²) in [4.78, 5) is 13.5. The molecule has 0 bridgehead atoms. The zero-order valence-electron chi connectivity index (χ0n) is 9.74. The maximum absolute atomic E-state index is 11.7. The molecule has 1 amide bonds. The molecule has 0 saturated carbocycles. The third-order valence-electron chi connectivity index (χ3n) is 2.90. The fourth-order valence-electron chi connectivity index (χ4n) is 1.82. The van der Waals surface area contributed by atoms with E-state index in [0.29, 0.717) is 13.1 Å². The molecule has 4 heteroatoms. The van der Waals surface area contributed by atoms with Gasteiger partial charge in [-0.05, 0) is 19.3 Å². The van der Waals surface area contributed by atoms with Crippen molar-refractivity contribution in [3.8, 4) is 0 Å². The van der Waals surface area contributed by atoms with Crippen molar-refractivity contribution in [2.45, 2.75) is 32.3 Å². The normalized spacial score (nSPS) is 23.5. The molecule has 0 radical (unpaired) electrons. The van der Waals surface area contributed by atoms with E-state index in [1.807, 2.05) is 14.0 Å². The average Bonchev–Trinajstić information content (AvgIpc) is 2.28. The Balaban J connectivity index is 2.33. The topological polar surface area (TPSA) is 55.6 Å². The van der Waals surface area contributed by atoms with Crippen molar-refractivity contribution in [1.82, 2.24) is 4.90 Å². The van der Waals surface area contributed by atoms with Crippen LogP contribution in [0.1, 0.15) is 26.2 Å². The Bertz CT molecular complexity index is 203. The molecule has 1 heterocycles. The maximum atomic E-state index is 11.7. The lowest BCUT2D eigenvalue weighted by molar-refractivity contribution is -0.135.